The van der Waals surface area contributed by atoms with Crippen LogP contribution < -0.4 is 0 Å². The highest BCUT2D eigenvalue weighted by Crippen LogP contribution is 2.31. The highest BCUT2D eigenvalue weighted by molar-refractivity contribution is 9.11. The number of aryl methyl sites for hydroxylation is 1. The number of halogens is 2. The number of nitrogens with zero attached hydrogens (tertiary/aromatic N) is 1. The zero-order chi connectivity index (χ0) is 14.2. The minimum atomic E-state index is -3.53. The molecule has 4 nitrogen and oxygen atoms in total. The van der Waals surface area contributed by atoms with Crippen molar-refractivity contribution in [2.24, 2.45) is 0 Å². The highest BCUT2D eigenvalue weighted by atomic mass is 79.9. The Labute approximate surface area is 132 Å². The van der Waals surface area contributed by atoms with E-state index in [1.807, 2.05) is 6.92 Å². The fourth-order valence-corrected chi connectivity index (χ4v) is 6.19. The Hall–Kier alpha value is 0.240. The minimum absolute atomic E-state index is 0.248. The van der Waals surface area contributed by atoms with Gasteiger partial charge in [0.2, 0.25) is 10.0 Å². The van der Waals surface area contributed by atoms with Gasteiger partial charge in [-0.2, -0.15) is 4.31 Å². The third kappa shape index (κ3) is 3.29. The van der Waals surface area contributed by atoms with E-state index in [-0.39, 0.29) is 4.90 Å². The molecular weight excluding hydrogens is 418 g/mol. The van der Waals surface area contributed by atoms with E-state index in [4.69, 9.17) is 0 Å². The maximum absolute atomic E-state index is 12.6. The van der Waals surface area contributed by atoms with Gasteiger partial charge in [-0.15, -0.1) is 0 Å². The lowest BCUT2D eigenvalue weighted by Gasteiger charge is -2.26. The zero-order valence-corrected chi connectivity index (χ0v) is 15.0. The molecule has 1 aromatic carbocycles. The molecule has 0 spiro atoms. The summed E-state index contributed by atoms with van der Waals surface area (Å²) < 4.78 is 39.1. The van der Waals surface area contributed by atoms with Crippen LogP contribution in [0.15, 0.2) is 26.0 Å². The van der Waals surface area contributed by atoms with E-state index in [9.17, 15) is 12.6 Å². The Morgan fingerprint density at radius 1 is 1.16 bits per heavy atom. The molecule has 0 unspecified atom stereocenters. The standard InChI is InChI=1S/C11H13Br2NO3S2/c1-8-6-10(13)11(7-9(8)12)19(16,17)14-2-4-18(15)5-3-14/h6-7H,2-5H2,1H3. The molecule has 19 heavy (non-hydrogen) atoms. The van der Waals surface area contributed by atoms with Gasteiger partial charge in [0.05, 0.1) is 4.90 Å². The molecular formula is C11H13Br2NO3S2. The van der Waals surface area contributed by atoms with Crippen LogP contribution in [-0.4, -0.2) is 41.5 Å². The Morgan fingerprint density at radius 2 is 1.74 bits per heavy atom. The average Bonchev–Trinajstić information content (AvgIpc) is 2.34. The maximum atomic E-state index is 12.6. The van der Waals surface area contributed by atoms with Crippen molar-refractivity contribution in [3.05, 3.63) is 26.6 Å². The second-order valence-corrected chi connectivity index (χ2v) is 9.60. The van der Waals surface area contributed by atoms with Crippen LogP contribution in [0.1, 0.15) is 5.56 Å². The number of hydrogen-bond donors (Lipinski definition) is 0. The summed E-state index contributed by atoms with van der Waals surface area (Å²) in [5, 5.41) is 0. The van der Waals surface area contributed by atoms with Crippen LogP contribution in [0.25, 0.3) is 0 Å². The predicted molar refractivity (Wildman–Crippen MR) is 83.2 cm³/mol. The van der Waals surface area contributed by atoms with Gasteiger partial charge in [-0.3, -0.25) is 4.21 Å². The first-order valence-electron chi connectivity index (χ1n) is 5.63. The number of benzene rings is 1. The molecule has 1 heterocycles. The van der Waals surface area contributed by atoms with Crippen molar-refractivity contribution in [3.63, 3.8) is 0 Å². The van der Waals surface area contributed by atoms with Crippen LogP contribution in [0.5, 0.6) is 0 Å². The molecule has 0 amide bonds. The molecule has 1 aliphatic rings. The molecule has 1 fully saturated rings. The van der Waals surface area contributed by atoms with E-state index in [0.717, 1.165) is 10.0 Å². The maximum Gasteiger partial charge on any atom is 0.244 e. The van der Waals surface area contributed by atoms with Gasteiger partial charge in [-0.1, -0.05) is 15.9 Å². The first-order valence-corrected chi connectivity index (χ1v) is 10.1. The largest absolute Gasteiger partial charge is 0.259 e. The first-order chi connectivity index (χ1) is 8.82. The molecule has 106 valence electrons. The van der Waals surface area contributed by atoms with E-state index in [1.165, 1.54) is 4.31 Å². The number of sulfonamides is 1. The third-order valence-electron chi connectivity index (χ3n) is 2.97. The normalized spacial score (nSPS) is 18.7. The van der Waals surface area contributed by atoms with Gasteiger partial charge in [-0.25, -0.2) is 8.42 Å². The Morgan fingerprint density at radius 3 is 2.32 bits per heavy atom. The minimum Gasteiger partial charge on any atom is -0.259 e. The summed E-state index contributed by atoms with van der Waals surface area (Å²) in [6.07, 6.45) is 0. The Kier molecular flexibility index (Phi) is 4.88. The quantitative estimate of drug-likeness (QED) is 0.723. The summed E-state index contributed by atoms with van der Waals surface area (Å²) in [4.78, 5) is 0.248. The van der Waals surface area contributed by atoms with Crippen molar-refractivity contribution < 1.29 is 12.6 Å². The topological polar surface area (TPSA) is 54.5 Å². The molecule has 0 atom stereocenters. The molecule has 0 N–H and O–H groups in total. The van der Waals surface area contributed by atoms with Crippen molar-refractivity contribution in [1.82, 2.24) is 4.31 Å². The van der Waals surface area contributed by atoms with E-state index in [2.05, 4.69) is 31.9 Å². The second kappa shape index (κ2) is 5.93. The van der Waals surface area contributed by atoms with Crippen LogP contribution in [0, 0.1) is 6.92 Å². The van der Waals surface area contributed by atoms with Gasteiger partial charge >= 0.3 is 0 Å². The van der Waals surface area contributed by atoms with Crippen molar-refractivity contribution in [1.29, 1.82) is 0 Å². The molecule has 8 heteroatoms. The summed E-state index contributed by atoms with van der Waals surface area (Å²) in [6, 6.07) is 3.39. The molecule has 0 aromatic heterocycles. The lowest BCUT2D eigenvalue weighted by Crippen LogP contribution is -2.41. The van der Waals surface area contributed by atoms with Crippen molar-refractivity contribution in [2.75, 3.05) is 24.6 Å². The third-order valence-corrected chi connectivity index (χ3v) is 7.95. The molecule has 1 aromatic rings. The molecule has 0 aliphatic carbocycles. The lowest BCUT2D eigenvalue weighted by molar-refractivity contribution is 0.438. The van der Waals surface area contributed by atoms with E-state index in [1.54, 1.807) is 12.1 Å². The monoisotopic (exact) mass is 429 g/mol. The van der Waals surface area contributed by atoms with Crippen molar-refractivity contribution >= 4 is 52.7 Å². The predicted octanol–water partition coefficient (Wildman–Crippen LogP) is 2.27. The second-order valence-electron chi connectivity index (χ2n) is 4.28. The van der Waals surface area contributed by atoms with Crippen molar-refractivity contribution in [3.8, 4) is 0 Å². The van der Waals surface area contributed by atoms with Gasteiger partial charge < -0.3 is 0 Å². The molecule has 0 saturated carbocycles. The molecule has 1 saturated heterocycles. The van der Waals surface area contributed by atoms with Crippen LogP contribution in [0.2, 0.25) is 0 Å². The fourth-order valence-electron chi connectivity index (χ4n) is 1.83. The Bertz CT molecular complexity index is 621. The molecule has 0 radical (unpaired) electrons. The summed E-state index contributed by atoms with van der Waals surface area (Å²) in [5.74, 6) is 0.813. The summed E-state index contributed by atoms with van der Waals surface area (Å²) >= 11 is 6.66. The van der Waals surface area contributed by atoms with Gasteiger partial charge in [-0.05, 0) is 40.5 Å². The van der Waals surface area contributed by atoms with Crippen LogP contribution in [-0.2, 0) is 20.8 Å². The smallest absolute Gasteiger partial charge is 0.244 e. The molecule has 1 aliphatic heterocycles. The van der Waals surface area contributed by atoms with Crippen LogP contribution in [0.4, 0.5) is 0 Å². The zero-order valence-electron chi connectivity index (χ0n) is 10.2. The fraction of sp³-hybridized carbons (Fsp3) is 0.455. The van der Waals surface area contributed by atoms with Crippen molar-refractivity contribution in [2.45, 2.75) is 11.8 Å². The molecule has 0 bridgehead atoms. The SMILES string of the molecule is Cc1cc(Br)c(S(=O)(=O)N2CCS(=O)CC2)cc1Br. The van der Waals surface area contributed by atoms with Gasteiger partial charge in [0.15, 0.2) is 0 Å². The first kappa shape index (κ1) is 15.6. The Balaban J connectivity index is 2.40. The van der Waals surface area contributed by atoms with Gasteiger partial charge in [0, 0.05) is 44.3 Å². The number of rotatable bonds is 2. The van der Waals surface area contributed by atoms with Gasteiger partial charge in [0.25, 0.3) is 0 Å². The van der Waals surface area contributed by atoms with E-state index >= 15 is 0 Å². The summed E-state index contributed by atoms with van der Waals surface area (Å²) in [7, 11) is -4.43. The van der Waals surface area contributed by atoms with E-state index in [0.29, 0.717) is 29.1 Å². The average molecular weight is 431 g/mol. The van der Waals surface area contributed by atoms with Crippen LogP contribution >= 0.6 is 31.9 Å². The molecule has 2 rings (SSSR count). The van der Waals surface area contributed by atoms with Gasteiger partial charge in [0.1, 0.15) is 0 Å². The highest BCUT2D eigenvalue weighted by Gasteiger charge is 2.30. The summed E-state index contributed by atoms with van der Waals surface area (Å²) in [5.41, 5.74) is 0.963. The van der Waals surface area contributed by atoms with Crippen LogP contribution in [0.3, 0.4) is 0 Å². The summed E-state index contributed by atoms with van der Waals surface area (Å²) in [6.45, 7) is 2.52. The number of hydrogen-bond acceptors (Lipinski definition) is 3. The lowest BCUT2D eigenvalue weighted by atomic mass is 10.2. The van der Waals surface area contributed by atoms with E-state index < -0.39 is 20.8 Å².